The summed E-state index contributed by atoms with van der Waals surface area (Å²) in [6, 6.07) is 13.7. The smallest absolute Gasteiger partial charge is 0.205 e. The lowest BCUT2D eigenvalue weighted by molar-refractivity contribution is 0.0894. The molecule has 2 rings (SSSR count). The highest BCUT2D eigenvalue weighted by molar-refractivity contribution is 9.26. The molecule has 0 saturated heterocycles. The Hall–Kier alpha value is -0.300. The first-order valence-corrected chi connectivity index (χ1v) is 8.98. The van der Waals surface area contributed by atoms with Gasteiger partial charge in [-0.3, -0.25) is 9.59 Å². The Morgan fingerprint density at radius 2 is 0.952 bits per heavy atom. The summed E-state index contributed by atoms with van der Waals surface area (Å²) in [6.45, 7) is 0. The number of halogens is 4. The van der Waals surface area contributed by atoms with Gasteiger partial charge in [-0.25, -0.2) is 0 Å². The first-order chi connectivity index (χ1) is 9.82. The number of benzene rings is 2. The van der Waals surface area contributed by atoms with Gasteiger partial charge in [0, 0.05) is 20.1 Å². The van der Waals surface area contributed by atoms with E-state index in [9.17, 15) is 9.59 Å². The van der Waals surface area contributed by atoms with Crippen molar-refractivity contribution in [1.29, 1.82) is 0 Å². The van der Waals surface area contributed by atoms with Crippen LogP contribution in [0.25, 0.3) is 0 Å². The van der Waals surface area contributed by atoms with E-state index in [1.807, 2.05) is 0 Å². The summed E-state index contributed by atoms with van der Waals surface area (Å²) >= 11 is 13.1. The third-order valence-corrected chi connectivity index (χ3v) is 5.28. The molecular weight excluding hydrogens is 532 g/mol. The zero-order valence-corrected chi connectivity index (χ0v) is 16.8. The number of ketones is 2. The summed E-state index contributed by atoms with van der Waals surface area (Å²) in [5.74, 6) is -0.689. The van der Waals surface area contributed by atoms with E-state index < -0.39 is 3.23 Å². The predicted molar refractivity (Wildman–Crippen MR) is 97.5 cm³/mol. The minimum Gasteiger partial charge on any atom is -0.291 e. The molecule has 21 heavy (non-hydrogen) atoms. The molecule has 2 aromatic rings. The standard InChI is InChI=1S/C15H8Br4O2/c16-11-5-1-9(2-6-11)13(20)15(18,19)14(21)10-3-7-12(17)8-4-10/h1-8H. The van der Waals surface area contributed by atoms with Gasteiger partial charge in [0.2, 0.25) is 3.23 Å². The molecule has 0 amide bonds. The van der Waals surface area contributed by atoms with Crippen LogP contribution in [0.15, 0.2) is 57.5 Å². The van der Waals surface area contributed by atoms with Crippen LogP contribution in [0.3, 0.4) is 0 Å². The van der Waals surface area contributed by atoms with Crippen LogP contribution in [0.5, 0.6) is 0 Å². The van der Waals surface area contributed by atoms with Crippen molar-refractivity contribution in [2.75, 3.05) is 0 Å². The number of hydrogen-bond donors (Lipinski definition) is 0. The van der Waals surface area contributed by atoms with Crippen LogP contribution in [0.1, 0.15) is 20.7 Å². The monoisotopic (exact) mass is 536 g/mol. The maximum absolute atomic E-state index is 12.5. The fourth-order valence-electron chi connectivity index (χ4n) is 1.67. The largest absolute Gasteiger partial charge is 0.291 e. The summed E-state index contributed by atoms with van der Waals surface area (Å²) in [5, 5.41) is 0. The lowest BCUT2D eigenvalue weighted by Crippen LogP contribution is -2.34. The normalized spacial score (nSPS) is 11.2. The average molecular weight is 540 g/mol. The quantitative estimate of drug-likeness (QED) is 0.281. The van der Waals surface area contributed by atoms with Crippen LogP contribution in [0.4, 0.5) is 0 Å². The minimum atomic E-state index is -1.47. The fourth-order valence-corrected chi connectivity index (χ4v) is 3.11. The van der Waals surface area contributed by atoms with Gasteiger partial charge >= 0.3 is 0 Å². The molecule has 0 aromatic heterocycles. The number of carbonyl (C=O) groups is 2. The molecule has 0 bridgehead atoms. The second-order valence-electron chi connectivity index (χ2n) is 4.25. The second kappa shape index (κ2) is 6.86. The Labute approximate surface area is 155 Å². The molecule has 0 fully saturated rings. The number of alkyl halides is 2. The topological polar surface area (TPSA) is 34.1 Å². The zero-order chi connectivity index (χ0) is 15.6. The molecule has 2 aromatic carbocycles. The summed E-state index contributed by atoms with van der Waals surface area (Å²) < 4.78 is 0.267. The van der Waals surface area contributed by atoms with Crippen LogP contribution in [0, 0.1) is 0 Å². The van der Waals surface area contributed by atoms with Crippen molar-refractivity contribution in [3.63, 3.8) is 0 Å². The Balaban J connectivity index is 2.32. The fraction of sp³-hybridized carbons (Fsp3) is 0.0667. The molecule has 0 aliphatic carbocycles. The third-order valence-electron chi connectivity index (χ3n) is 2.78. The molecular formula is C15H8Br4O2. The molecule has 0 atom stereocenters. The molecule has 0 aliphatic heterocycles. The van der Waals surface area contributed by atoms with Gasteiger partial charge in [0.05, 0.1) is 0 Å². The molecule has 2 nitrogen and oxygen atoms in total. The number of Topliss-reactive ketones (excluding diaryl/α,β-unsaturated/α-hetero) is 2. The summed E-state index contributed by atoms with van der Waals surface area (Å²) in [5.41, 5.74) is 0.884. The van der Waals surface area contributed by atoms with Gasteiger partial charge in [0.1, 0.15) is 0 Å². The second-order valence-corrected chi connectivity index (χ2v) is 9.52. The van der Waals surface area contributed by atoms with Crippen molar-refractivity contribution in [3.05, 3.63) is 68.6 Å². The van der Waals surface area contributed by atoms with E-state index in [0.29, 0.717) is 11.1 Å². The van der Waals surface area contributed by atoms with Crippen molar-refractivity contribution in [3.8, 4) is 0 Å². The van der Waals surface area contributed by atoms with Gasteiger partial charge in [0.15, 0.2) is 11.6 Å². The predicted octanol–water partition coefficient (Wildman–Crippen LogP) is 5.76. The summed E-state index contributed by atoms with van der Waals surface area (Å²) in [4.78, 5) is 25.0. The van der Waals surface area contributed by atoms with Crippen molar-refractivity contribution in [2.45, 2.75) is 3.23 Å². The van der Waals surface area contributed by atoms with Crippen molar-refractivity contribution in [2.24, 2.45) is 0 Å². The van der Waals surface area contributed by atoms with E-state index in [2.05, 4.69) is 63.7 Å². The van der Waals surface area contributed by atoms with Crippen LogP contribution >= 0.6 is 63.7 Å². The van der Waals surface area contributed by atoms with Crippen LogP contribution in [-0.4, -0.2) is 14.8 Å². The van der Waals surface area contributed by atoms with Gasteiger partial charge < -0.3 is 0 Å². The highest BCUT2D eigenvalue weighted by Gasteiger charge is 2.41. The molecule has 0 saturated carbocycles. The molecule has 108 valence electrons. The minimum absolute atomic E-state index is 0.345. The lowest BCUT2D eigenvalue weighted by Gasteiger charge is -2.18. The SMILES string of the molecule is O=C(c1ccc(Br)cc1)C(Br)(Br)C(=O)c1ccc(Br)cc1. The highest BCUT2D eigenvalue weighted by atomic mass is 79.9. The molecule has 0 spiro atoms. The Bertz CT molecular complexity index is 616. The van der Waals surface area contributed by atoms with Crippen molar-refractivity contribution >= 4 is 75.3 Å². The summed E-state index contributed by atoms with van der Waals surface area (Å²) in [6.07, 6.45) is 0. The lowest BCUT2D eigenvalue weighted by atomic mass is 10.0. The van der Waals surface area contributed by atoms with Crippen LogP contribution in [-0.2, 0) is 0 Å². The molecule has 6 heteroatoms. The molecule has 0 N–H and O–H groups in total. The summed E-state index contributed by atoms with van der Waals surface area (Å²) in [7, 11) is 0. The van der Waals surface area contributed by atoms with E-state index in [0.717, 1.165) is 8.95 Å². The van der Waals surface area contributed by atoms with Crippen LogP contribution in [0.2, 0.25) is 0 Å². The van der Waals surface area contributed by atoms with Crippen molar-refractivity contribution in [1.82, 2.24) is 0 Å². The van der Waals surface area contributed by atoms with E-state index >= 15 is 0 Å². The molecule has 0 unspecified atom stereocenters. The maximum atomic E-state index is 12.5. The van der Waals surface area contributed by atoms with Gasteiger partial charge in [-0.15, -0.1) is 0 Å². The highest BCUT2D eigenvalue weighted by Crippen LogP contribution is 2.35. The first-order valence-electron chi connectivity index (χ1n) is 5.81. The van der Waals surface area contributed by atoms with Gasteiger partial charge in [0.25, 0.3) is 0 Å². The third kappa shape index (κ3) is 3.92. The van der Waals surface area contributed by atoms with Crippen LogP contribution < -0.4 is 0 Å². The molecule has 0 radical (unpaired) electrons. The van der Waals surface area contributed by atoms with E-state index in [1.165, 1.54) is 0 Å². The maximum Gasteiger partial charge on any atom is 0.205 e. The number of rotatable bonds is 4. The van der Waals surface area contributed by atoms with E-state index in [4.69, 9.17) is 0 Å². The molecule has 0 aliphatic rings. The van der Waals surface area contributed by atoms with Gasteiger partial charge in [-0.05, 0) is 24.3 Å². The Kier molecular flexibility index (Phi) is 5.57. The number of carbonyl (C=O) groups excluding carboxylic acids is 2. The van der Waals surface area contributed by atoms with E-state index in [-0.39, 0.29) is 11.6 Å². The van der Waals surface area contributed by atoms with Gasteiger partial charge in [-0.1, -0.05) is 88.0 Å². The van der Waals surface area contributed by atoms with E-state index in [1.54, 1.807) is 48.5 Å². The first kappa shape index (κ1) is 17.1. The van der Waals surface area contributed by atoms with Crippen molar-refractivity contribution < 1.29 is 9.59 Å². The number of hydrogen-bond acceptors (Lipinski definition) is 2. The average Bonchev–Trinajstić information content (AvgIpc) is 2.47. The van der Waals surface area contributed by atoms with Gasteiger partial charge in [-0.2, -0.15) is 0 Å². The zero-order valence-electron chi connectivity index (χ0n) is 10.4. The Morgan fingerprint density at radius 3 is 1.24 bits per heavy atom. The Morgan fingerprint density at radius 1 is 0.667 bits per heavy atom. The molecule has 0 heterocycles.